The van der Waals surface area contributed by atoms with Gasteiger partial charge in [-0.3, -0.25) is 4.79 Å². The molecule has 2 unspecified atom stereocenters. The summed E-state index contributed by atoms with van der Waals surface area (Å²) in [5, 5.41) is 4.65. The van der Waals surface area contributed by atoms with Gasteiger partial charge in [0, 0.05) is 19.6 Å². The number of carbonyl (C=O) groups excluding carboxylic acids is 1. The first-order valence-electron chi connectivity index (χ1n) is 11.8. The summed E-state index contributed by atoms with van der Waals surface area (Å²) in [6.45, 7) is -0.511. The first-order chi connectivity index (χ1) is 17.7. The number of methoxy groups -OCH3 is 1. The third-order valence-corrected chi connectivity index (χ3v) is 12.0. The molecule has 0 bridgehead atoms. The number of benzene rings is 2. The van der Waals surface area contributed by atoms with E-state index in [2.05, 4.69) is 5.32 Å². The summed E-state index contributed by atoms with van der Waals surface area (Å²) in [6.07, 6.45) is 1.50. The third kappa shape index (κ3) is 4.91. The van der Waals surface area contributed by atoms with Crippen molar-refractivity contribution in [3.8, 4) is 5.75 Å². The van der Waals surface area contributed by atoms with Crippen molar-refractivity contribution in [1.29, 1.82) is 0 Å². The Bertz CT molecular complexity index is 1490. The maximum Gasteiger partial charge on any atom is 0.253 e. The molecule has 37 heavy (non-hydrogen) atoms. The van der Waals surface area contributed by atoms with Crippen molar-refractivity contribution in [3.63, 3.8) is 0 Å². The highest BCUT2D eigenvalue weighted by Crippen LogP contribution is 2.32. The molecule has 12 heteroatoms. The highest BCUT2D eigenvalue weighted by molar-refractivity contribution is 7.91. The van der Waals surface area contributed by atoms with Crippen LogP contribution in [-0.4, -0.2) is 64.1 Å². The van der Waals surface area contributed by atoms with Crippen molar-refractivity contribution in [1.82, 2.24) is 13.9 Å². The molecule has 2 atom stereocenters. The van der Waals surface area contributed by atoms with Gasteiger partial charge in [0.05, 0.1) is 18.0 Å². The summed E-state index contributed by atoms with van der Waals surface area (Å²) in [6, 6.07) is 15.4. The smallest absolute Gasteiger partial charge is 0.253 e. The predicted molar refractivity (Wildman–Crippen MR) is 139 cm³/mol. The Labute approximate surface area is 220 Å². The van der Waals surface area contributed by atoms with Gasteiger partial charge in [0.15, 0.2) is 0 Å². The van der Waals surface area contributed by atoms with Crippen LogP contribution < -0.4 is 10.1 Å². The number of nitrogens with one attached hydrogen (secondary N) is 1. The fraction of sp³-hybridized carbons (Fsp3) is 0.320. The standard InChI is InChI=1S/C25H27N3O6S3/c1-34-19-9-11-20(12-10-19)36(30,31)27-14-15-28(37(32,33)24-7-4-16-35-24)23(17-27)25(29)26-22-13-8-18-5-2-3-6-21(18)22/h2-7,9-12,16,22-23H,8,13-15,17H2,1H3,(H,26,29). The summed E-state index contributed by atoms with van der Waals surface area (Å²) < 4.78 is 61.4. The van der Waals surface area contributed by atoms with E-state index in [-0.39, 0.29) is 34.8 Å². The summed E-state index contributed by atoms with van der Waals surface area (Å²) in [5.41, 5.74) is 2.14. The zero-order valence-corrected chi connectivity index (χ0v) is 22.6. The van der Waals surface area contributed by atoms with E-state index in [1.165, 1.54) is 29.6 Å². The lowest BCUT2D eigenvalue weighted by atomic mass is 10.1. The van der Waals surface area contributed by atoms with E-state index < -0.39 is 32.0 Å². The van der Waals surface area contributed by atoms with E-state index in [9.17, 15) is 21.6 Å². The maximum absolute atomic E-state index is 13.6. The number of aryl methyl sites for hydroxylation is 1. The molecule has 2 heterocycles. The molecule has 3 aromatic rings. The van der Waals surface area contributed by atoms with Crippen LogP contribution in [0.5, 0.6) is 5.75 Å². The minimum absolute atomic E-state index is 0.0479. The number of carbonyl (C=O) groups is 1. The van der Waals surface area contributed by atoms with Gasteiger partial charge < -0.3 is 10.1 Å². The molecule has 1 fully saturated rings. The molecule has 1 N–H and O–H groups in total. The number of thiophene rings is 1. The molecular formula is C25H27N3O6S3. The van der Waals surface area contributed by atoms with Crippen LogP contribution in [0.15, 0.2) is 75.1 Å². The number of nitrogens with zero attached hydrogens (tertiary/aromatic N) is 2. The Balaban J connectivity index is 1.45. The van der Waals surface area contributed by atoms with E-state index in [1.807, 2.05) is 24.3 Å². The summed E-state index contributed by atoms with van der Waals surface area (Å²) in [7, 11) is -6.48. The van der Waals surface area contributed by atoms with Gasteiger partial charge in [0.2, 0.25) is 15.9 Å². The molecule has 0 radical (unpaired) electrons. The SMILES string of the molecule is COc1ccc(S(=O)(=O)N2CCN(S(=O)(=O)c3cccs3)C(C(=O)NC3CCc4ccccc43)C2)cc1. The quantitative estimate of drug-likeness (QED) is 0.475. The normalized spacial score (nSPS) is 20.9. The lowest BCUT2D eigenvalue weighted by Gasteiger charge is -2.39. The van der Waals surface area contributed by atoms with E-state index in [0.29, 0.717) is 12.2 Å². The van der Waals surface area contributed by atoms with Crippen molar-refractivity contribution in [2.24, 2.45) is 0 Å². The van der Waals surface area contributed by atoms with E-state index >= 15 is 0 Å². The van der Waals surface area contributed by atoms with E-state index in [1.54, 1.807) is 23.6 Å². The number of sulfonamides is 2. The molecule has 9 nitrogen and oxygen atoms in total. The van der Waals surface area contributed by atoms with Crippen molar-refractivity contribution >= 4 is 37.3 Å². The number of ether oxygens (including phenoxy) is 1. The van der Waals surface area contributed by atoms with Crippen LogP contribution in [0.2, 0.25) is 0 Å². The van der Waals surface area contributed by atoms with Crippen LogP contribution in [0.3, 0.4) is 0 Å². The minimum Gasteiger partial charge on any atom is -0.497 e. The van der Waals surface area contributed by atoms with Crippen LogP contribution in [0.25, 0.3) is 0 Å². The highest BCUT2D eigenvalue weighted by atomic mass is 32.2. The zero-order chi connectivity index (χ0) is 26.2. The number of amides is 1. The Morgan fingerprint density at radius 2 is 1.73 bits per heavy atom. The molecule has 5 rings (SSSR count). The molecule has 1 aliphatic heterocycles. The molecule has 1 amide bonds. The van der Waals surface area contributed by atoms with Crippen LogP contribution in [0.4, 0.5) is 0 Å². The number of fused-ring (bicyclic) bond motifs is 1. The van der Waals surface area contributed by atoms with Gasteiger partial charge >= 0.3 is 0 Å². The highest BCUT2D eigenvalue weighted by Gasteiger charge is 2.44. The molecule has 2 aromatic carbocycles. The van der Waals surface area contributed by atoms with Gasteiger partial charge in [-0.1, -0.05) is 30.3 Å². The van der Waals surface area contributed by atoms with Gasteiger partial charge in [-0.2, -0.15) is 8.61 Å². The summed E-state index contributed by atoms with van der Waals surface area (Å²) >= 11 is 1.06. The second kappa shape index (κ2) is 10.2. The monoisotopic (exact) mass is 561 g/mol. The number of hydrogen-bond donors (Lipinski definition) is 1. The summed E-state index contributed by atoms with van der Waals surface area (Å²) in [5.74, 6) is -0.00336. The van der Waals surface area contributed by atoms with Crippen LogP contribution in [0.1, 0.15) is 23.6 Å². The van der Waals surface area contributed by atoms with Gasteiger partial charge in [0.1, 0.15) is 16.0 Å². The van der Waals surface area contributed by atoms with Gasteiger partial charge in [-0.05, 0) is 59.7 Å². The van der Waals surface area contributed by atoms with E-state index in [4.69, 9.17) is 4.74 Å². The first kappa shape index (κ1) is 25.9. The Kier molecular flexibility index (Phi) is 7.12. The molecule has 196 valence electrons. The van der Waals surface area contributed by atoms with Crippen molar-refractivity contribution in [3.05, 3.63) is 77.2 Å². The van der Waals surface area contributed by atoms with Gasteiger partial charge in [-0.25, -0.2) is 16.8 Å². The lowest BCUT2D eigenvalue weighted by Crippen LogP contribution is -2.61. The Hall–Kier alpha value is -2.77. The van der Waals surface area contributed by atoms with Gasteiger partial charge in [0.25, 0.3) is 10.0 Å². The number of hydrogen-bond acceptors (Lipinski definition) is 7. The van der Waals surface area contributed by atoms with Crippen LogP contribution in [0, 0.1) is 0 Å². The van der Waals surface area contributed by atoms with Gasteiger partial charge in [-0.15, -0.1) is 11.3 Å². The predicted octanol–water partition coefficient (Wildman–Crippen LogP) is 2.62. The summed E-state index contributed by atoms with van der Waals surface area (Å²) in [4.78, 5) is 13.7. The Morgan fingerprint density at radius 1 is 0.973 bits per heavy atom. The molecule has 0 saturated carbocycles. The molecular weight excluding hydrogens is 534 g/mol. The Morgan fingerprint density at radius 3 is 2.43 bits per heavy atom. The molecule has 0 spiro atoms. The van der Waals surface area contributed by atoms with Crippen LogP contribution in [-0.2, 0) is 31.3 Å². The zero-order valence-electron chi connectivity index (χ0n) is 20.1. The maximum atomic E-state index is 13.6. The average Bonchev–Trinajstić information content (AvgIpc) is 3.60. The molecule has 1 aliphatic carbocycles. The second-order valence-electron chi connectivity index (χ2n) is 8.90. The number of piperazine rings is 1. The fourth-order valence-electron chi connectivity index (χ4n) is 4.86. The number of rotatable bonds is 7. The topological polar surface area (TPSA) is 113 Å². The molecule has 1 aromatic heterocycles. The van der Waals surface area contributed by atoms with E-state index in [0.717, 1.165) is 33.2 Å². The van der Waals surface area contributed by atoms with Crippen molar-refractivity contribution in [2.75, 3.05) is 26.7 Å². The van der Waals surface area contributed by atoms with Crippen molar-refractivity contribution < 1.29 is 26.4 Å². The fourth-order valence-corrected chi connectivity index (χ4v) is 8.99. The first-order valence-corrected chi connectivity index (χ1v) is 15.6. The third-order valence-electron chi connectivity index (χ3n) is 6.80. The second-order valence-corrected chi connectivity index (χ2v) is 13.9. The lowest BCUT2D eigenvalue weighted by molar-refractivity contribution is -0.126. The van der Waals surface area contributed by atoms with Crippen molar-refractivity contribution in [2.45, 2.75) is 34.0 Å². The minimum atomic E-state index is -4.00. The average molecular weight is 562 g/mol. The van der Waals surface area contributed by atoms with Crippen LogP contribution >= 0.6 is 11.3 Å². The molecule has 1 saturated heterocycles. The molecule has 2 aliphatic rings. The largest absolute Gasteiger partial charge is 0.497 e.